The zero-order chi connectivity index (χ0) is 15.9. The summed E-state index contributed by atoms with van der Waals surface area (Å²) in [6, 6.07) is 13.3. The van der Waals surface area contributed by atoms with Crippen LogP contribution in [0.15, 0.2) is 48.5 Å². The van der Waals surface area contributed by atoms with E-state index in [0.29, 0.717) is 17.8 Å². The van der Waals surface area contributed by atoms with Gasteiger partial charge in [0.25, 0.3) is 0 Å². The van der Waals surface area contributed by atoms with Crippen LogP contribution in [0.2, 0.25) is 0 Å². The summed E-state index contributed by atoms with van der Waals surface area (Å²) in [7, 11) is 1.88. The van der Waals surface area contributed by atoms with Crippen LogP contribution < -0.4 is 10.2 Å². The van der Waals surface area contributed by atoms with Gasteiger partial charge in [-0.2, -0.15) is 0 Å². The number of carbonyl (C=O) groups is 1. The minimum absolute atomic E-state index is 0.0859. The van der Waals surface area contributed by atoms with Gasteiger partial charge in [-0.05, 0) is 42.0 Å². The molecule has 0 radical (unpaired) electrons. The van der Waals surface area contributed by atoms with E-state index < -0.39 is 0 Å². The molecule has 22 heavy (non-hydrogen) atoms. The third-order valence-corrected chi connectivity index (χ3v) is 3.28. The van der Waals surface area contributed by atoms with Crippen LogP contribution in [0.25, 0.3) is 0 Å². The molecular formula is C17H19FN2O2. The Morgan fingerprint density at radius 1 is 1.23 bits per heavy atom. The summed E-state index contributed by atoms with van der Waals surface area (Å²) >= 11 is 0. The number of rotatable bonds is 6. The summed E-state index contributed by atoms with van der Waals surface area (Å²) in [6.07, 6.45) is 0.129. The number of hydrogen-bond donors (Lipinski definition) is 2. The van der Waals surface area contributed by atoms with E-state index in [0.717, 1.165) is 5.69 Å². The van der Waals surface area contributed by atoms with E-state index in [-0.39, 0.29) is 24.8 Å². The number of aliphatic hydroxyl groups is 1. The number of nitrogens with one attached hydrogen (secondary N) is 1. The minimum atomic E-state index is -0.346. The molecule has 0 saturated heterocycles. The number of likely N-dealkylation sites (N-methyl/N-ethyl adjacent to an activating group) is 1. The second-order valence-corrected chi connectivity index (χ2v) is 5.05. The molecule has 2 aromatic carbocycles. The first-order valence-electron chi connectivity index (χ1n) is 7.05. The molecule has 0 fully saturated rings. The highest BCUT2D eigenvalue weighted by molar-refractivity contribution is 5.92. The quantitative estimate of drug-likeness (QED) is 0.862. The largest absolute Gasteiger partial charge is 0.395 e. The fraction of sp³-hybridized carbons (Fsp3) is 0.235. The minimum Gasteiger partial charge on any atom is -0.395 e. The highest BCUT2D eigenvalue weighted by atomic mass is 19.1. The number of amides is 1. The van der Waals surface area contributed by atoms with Crippen molar-refractivity contribution in [3.8, 4) is 0 Å². The van der Waals surface area contributed by atoms with Gasteiger partial charge < -0.3 is 15.3 Å². The van der Waals surface area contributed by atoms with Crippen LogP contribution in [-0.2, 0) is 11.2 Å². The maximum Gasteiger partial charge on any atom is 0.228 e. The van der Waals surface area contributed by atoms with Crippen molar-refractivity contribution in [2.75, 3.05) is 30.4 Å². The SMILES string of the molecule is CN(CCO)c1ccc(NC(=O)Cc2cccc(F)c2)cc1. The number of halogens is 1. The topological polar surface area (TPSA) is 52.6 Å². The van der Waals surface area contributed by atoms with Crippen LogP contribution in [0, 0.1) is 5.82 Å². The molecule has 2 aromatic rings. The molecule has 0 bridgehead atoms. The van der Waals surface area contributed by atoms with Crippen molar-refractivity contribution in [2.24, 2.45) is 0 Å². The highest BCUT2D eigenvalue weighted by Crippen LogP contribution is 2.17. The van der Waals surface area contributed by atoms with Crippen molar-refractivity contribution in [3.63, 3.8) is 0 Å². The Morgan fingerprint density at radius 3 is 2.59 bits per heavy atom. The maximum absolute atomic E-state index is 13.1. The number of benzene rings is 2. The molecule has 0 spiro atoms. The van der Waals surface area contributed by atoms with E-state index in [2.05, 4.69) is 5.32 Å². The molecule has 0 aliphatic carbocycles. The summed E-state index contributed by atoms with van der Waals surface area (Å²) in [5.74, 6) is -0.538. The van der Waals surface area contributed by atoms with E-state index in [4.69, 9.17) is 5.11 Å². The third-order valence-electron chi connectivity index (χ3n) is 3.28. The van der Waals surface area contributed by atoms with Gasteiger partial charge in [-0.1, -0.05) is 12.1 Å². The Kier molecular flexibility index (Phi) is 5.49. The summed E-state index contributed by atoms with van der Waals surface area (Å²) < 4.78 is 13.1. The van der Waals surface area contributed by atoms with Crippen LogP contribution in [0.5, 0.6) is 0 Å². The van der Waals surface area contributed by atoms with Crippen LogP contribution in [-0.4, -0.2) is 31.2 Å². The van der Waals surface area contributed by atoms with Crippen LogP contribution in [0.3, 0.4) is 0 Å². The lowest BCUT2D eigenvalue weighted by Crippen LogP contribution is -2.21. The summed E-state index contributed by atoms with van der Waals surface area (Å²) in [5.41, 5.74) is 2.27. The van der Waals surface area contributed by atoms with Crippen LogP contribution in [0.4, 0.5) is 15.8 Å². The van der Waals surface area contributed by atoms with Gasteiger partial charge in [0.05, 0.1) is 13.0 Å². The normalized spacial score (nSPS) is 10.3. The molecule has 2 rings (SSSR count). The molecule has 0 aromatic heterocycles. The highest BCUT2D eigenvalue weighted by Gasteiger charge is 2.06. The zero-order valence-electron chi connectivity index (χ0n) is 12.4. The van der Waals surface area contributed by atoms with Crippen LogP contribution in [0.1, 0.15) is 5.56 Å². The monoisotopic (exact) mass is 302 g/mol. The van der Waals surface area contributed by atoms with Gasteiger partial charge in [-0.15, -0.1) is 0 Å². The Balaban J connectivity index is 1.94. The Morgan fingerprint density at radius 2 is 1.95 bits per heavy atom. The number of aliphatic hydroxyl groups excluding tert-OH is 1. The standard InChI is InChI=1S/C17H19FN2O2/c1-20(9-10-21)16-7-5-15(6-8-16)19-17(22)12-13-3-2-4-14(18)11-13/h2-8,11,21H,9-10,12H2,1H3,(H,19,22). The number of nitrogens with zero attached hydrogens (tertiary/aromatic N) is 1. The number of carbonyl (C=O) groups excluding carboxylic acids is 1. The van der Waals surface area contributed by atoms with Crippen molar-refractivity contribution >= 4 is 17.3 Å². The predicted octanol–water partition coefficient (Wildman–Crippen LogP) is 2.44. The van der Waals surface area contributed by atoms with Gasteiger partial charge in [0.1, 0.15) is 5.82 Å². The van der Waals surface area contributed by atoms with Crippen molar-refractivity contribution in [3.05, 3.63) is 59.9 Å². The van der Waals surface area contributed by atoms with Gasteiger partial charge in [0, 0.05) is 25.0 Å². The van der Waals surface area contributed by atoms with Gasteiger partial charge in [-0.3, -0.25) is 4.79 Å². The molecule has 0 heterocycles. The summed E-state index contributed by atoms with van der Waals surface area (Å²) in [6.45, 7) is 0.633. The van der Waals surface area contributed by atoms with E-state index >= 15 is 0 Å². The van der Waals surface area contributed by atoms with Gasteiger partial charge in [0.2, 0.25) is 5.91 Å². The average molecular weight is 302 g/mol. The van der Waals surface area contributed by atoms with Crippen molar-refractivity contribution in [1.82, 2.24) is 0 Å². The Bertz CT molecular complexity index is 629. The molecule has 4 nitrogen and oxygen atoms in total. The molecule has 0 aliphatic rings. The first-order valence-corrected chi connectivity index (χ1v) is 7.05. The lowest BCUT2D eigenvalue weighted by atomic mass is 10.1. The molecule has 5 heteroatoms. The summed E-state index contributed by atoms with van der Waals surface area (Å²) in [5, 5.41) is 11.7. The molecule has 0 saturated carbocycles. The van der Waals surface area contributed by atoms with E-state index in [1.165, 1.54) is 12.1 Å². The number of anilines is 2. The van der Waals surface area contributed by atoms with Crippen molar-refractivity contribution in [2.45, 2.75) is 6.42 Å². The molecule has 1 amide bonds. The van der Waals surface area contributed by atoms with Gasteiger partial charge in [-0.25, -0.2) is 4.39 Å². The molecule has 116 valence electrons. The summed E-state index contributed by atoms with van der Waals surface area (Å²) in [4.78, 5) is 13.9. The van der Waals surface area contributed by atoms with Gasteiger partial charge >= 0.3 is 0 Å². The molecular weight excluding hydrogens is 283 g/mol. The fourth-order valence-corrected chi connectivity index (χ4v) is 2.12. The molecule has 0 aliphatic heterocycles. The zero-order valence-corrected chi connectivity index (χ0v) is 12.4. The first-order chi connectivity index (χ1) is 10.6. The van der Waals surface area contributed by atoms with E-state index in [1.54, 1.807) is 24.3 Å². The lowest BCUT2D eigenvalue weighted by Gasteiger charge is -2.18. The van der Waals surface area contributed by atoms with E-state index in [9.17, 15) is 9.18 Å². The van der Waals surface area contributed by atoms with Crippen molar-refractivity contribution in [1.29, 1.82) is 0 Å². The Labute approximate surface area is 129 Å². The number of hydrogen-bond acceptors (Lipinski definition) is 3. The predicted molar refractivity (Wildman–Crippen MR) is 85.5 cm³/mol. The fourth-order valence-electron chi connectivity index (χ4n) is 2.12. The second kappa shape index (κ2) is 7.56. The molecule has 0 atom stereocenters. The first kappa shape index (κ1) is 16.0. The molecule has 0 unspecified atom stereocenters. The smallest absolute Gasteiger partial charge is 0.228 e. The average Bonchev–Trinajstić information content (AvgIpc) is 2.48. The van der Waals surface area contributed by atoms with E-state index in [1.807, 2.05) is 24.1 Å². The maximum atomic E-state index is 13.1. The van der Waals surface area contributed by atoms with Gasteiger partial charge in [0.15, 0.2) is 0 Å². The van der Waals surface area contributed by atoms with Crippen molar-refractivity contribution < 1.29 is 14.3 Å². The third kappa shape index (κ3) is 4.56. The lowest BCUT2D eigenvalue weighted by molar-refractivity contribution is -0.115. The molecule has 2 N–H and O–H groups in total. The Hall–Kier alpha value is -2.40. The second-order valence-electron chi connectivity index (χ2n) is 5.05. The van der Waals surface area contributed by atoms with Crippen LogP contribution >= 0.6 is 0 Å².